The number of hydrogen-bond acceptors (Lipinski definition) is 3. The Labute approximate surface area is 166 Å². The van der Waals surface area contributed by atoms with E-state index in [-0.39, 0.29) is 5.41 Å². The van der Waals surface area contributed by atoms with Crippen LogP contribution in [0.5, 0.6) is 17.2 Å². The van der Waals surface area contributed by atoms with Gasteiger partial charge in [-0.3, -0.25) is 0 Å². The minimum absolute atomic E-state index is 0.164. The van der Waals surface area contributed by atoms with Gasteiger partial charge in [0.25, 0.3) is 0 Å². The van der Waals surface area contributed by atoms with Crippen LogP contribution in [-0.4, -0.2) is 14.2 Å². The van der Waals surface area contributed by atoms with Crippen LogP contribution in [0, 0.1) is 5.41 Å². The van der Waals surface area contributed by atoms with Crippen molar-refractivity contribution in [3.05, 3.63) is 71.8 Å². The summed E-state index contributed by atoms with van der Waals surface area (Å²) < 4.78 is 17.9. The first kappa shape index (κ1) is 18.4. The van der Waals surface area contributed by atoms with Gasteiger partial charge in [0, 0.05) is 11.0 Å². The van der Waals surface area contributed by atoms with Crippen molar-refractivity contribution >= 4 is 16.8 Å². The fraction of sp³-hybridized carbons (Fsp3) is 0.280. The summed E-state index contributed by atoms with van der Waals surface area (Å²) in [6.07, 6.45) is 4.36. The van der Waals surface area contributed by atoms with E-state index in [1.165, 1.54) is 0 Å². The molecule has 3 nitrogen and oxygen atoms in total. The standard InChI is InChI=1S/C25H26O3/c1-24(2,3)25(18-9-7-6-8-10-18)14-13-21-20-12-11-19(26-4)15-17(20)16-22(27-5)23(21)28-25/h6-16H,1-5H3. The Morgan fingerprint density at radius 3 is 2.29 bits per heavy atom. The maximum Gasteiger partial charge on any atom is 0.170 e. The molecule has 144 valence electrons. The lowest BCUT2D eigenvalue weighted by molar-refractivity contribution is 0.00311. The van der Waals surface area contributed by atoms with Crippen LogP contribution < -0.4 is 14.2 Å². The molecule has 28 heavy (non-hydrogen) atoms. The maximum absolute atomic E-state index is 6.81. The number of benzene rings is 3. The van der Waals surface area contributed by atoms with E-state index in [0.29, 0.717) is 0 Å². The zero-order chi connectivity index (χ0) is 19.9. The second kappa shape index (κ2) is 6.59. The zero-order valence-corrected chi connectivity index (χ0v) is 17.1. The van der Waals surface area contributed by atoms with E-state index >= 15 is 0 Å². The van der Waals surface area contributed by atoms with Crippen molar-refractivity contribution in [2.24, 2.45) is 5.41 Å². The summed E-state index contributed by atoms with van der Waals surface area (Å²) in [5.41, 5.74) is 1.41. The molecular formula is C25H26O3. The fourth-order valence-corrected chi connectivity index (χ4v) is 3.99. The summed E-state index contributed by atoms with van der Waals surface area (Å²) in [5, 5.41) is 2.18. The molecule has 0 bridgehead atoms. The summed E-state index contributed by atoms with van der Waals surface area (Å²) in [5.74, 6) is 2.33. The van der Waals surface area contributed by atoms with Gasteiger partial charge in [0.1, 0.15) is 5.75 Å². The highest BCUT2D eigenvalue weighted by atomic mass is 16.5. The highest BCUT2D eigenvalue weighted by Crippen LogP contribution is 2.52. The number of rotatable bonds is 3. The molecule has 0 amide bonds. The molecule has 3 aromatic rings. The van der Waals surface area contributed by atoms with E-state index in [0.717, 1.165) is 39.1 Å². The Morgan fingerprint density at radius 1 is 0.893 bits per heavy atom. The second-order valence-electron chi connectivity index (χ2n) is 8.20. The third-order valence-corrected chi connectivity index (χ3v) is 5.59. The van der Waals surface area contributed by atoms with Gasteiger partial charge in [0.15, 0.2) is 17.1 Å². The van der Waals surface area contributed by atoms with Crippen molar-refractivity contribution < 1.29 is 14.2 Å². The Balaban J connectivity index is 1.97. The molecule has 3 heteroatoms. The molecule has 0 radical (unpaired) electrons. The van der Waals surface area contributed by atoms with Crippen molar-refractivity contribution in [3.8, 4) is 17.2 Å². The van der Waals surface area contributed by atoms with Crippen LogP contribution in [-0.2, 0) is 5.60 Å². The quantitative estimate of drug-likeness (QED) is 0.546. The van der Waals surface area contributed by atoms with Crippen LogP contribution in [0.25, 0.3) is 16.8 Å². The first-order valence-corrected chi connectivity index (χ1v) is 9.52. The molecule has 0 fully saturated rings. The molecule has 1 aliphatic rings. The Morgan fingerprint density at radius 2 is 1.64 bits per heavy atom. The average molecular weight is 374 g/mol. The maximum atomic E-state index is 6.81. The summed E-state index contributed by atoms with van der Waals surface area (Å²) in [7, 11) is 3.36. The molecule has 1 unspecified atom stereocenters. The van der Waals surface area contributed by atoms with E-state index in [9.17, 15) is 0 Å². The van der Waals surface area contributed by atoms with Crippen molar-refractivity contribution in [2.45, 2.75) is 26.4 Å². The van der Waals surface area contributed by atoms with Crippen LogP contribution in [0.15, 0.2) is 60.7 Å². The molecule has 1 heterocycles. The predicted molar refractivity (Wildman–Crippen MR) is 114 cm³/mol. The summed E-state index contributed by atoms with van der Waals surface area (Å²) >= 11 is 0. The van der Waals surface area contributed by atoms with E-state index < -0.39 is 5.60 Å². The summed E-state index contributed by atoms with van der Waals surface area (Å²) in [6.45, 7) is 6.61. The smallest absolute Gasteiger partial charge is 0.170 e. The average Bonchev–Trinajstić information content (AvgIpc) is 2.71. The molecule has 1 aliphatic heterocycles. The highest BCUT2D eigenvalue weighted by Gasteiger charge is 2.46. The molecule has 1 atom stereocenters. The molecule has 0 aliphatic carbocycles. The van der Waals surface area contributed by atoms with Gasteiger partial charge >= 0.3 is 0 Å². The SMILES string of the molecule is COc1ccc2c3c(c(OC)cc2c1)OC(c1ccccc1)(C(C)(C)C)C=C3. The number of ether oxygens (including phenoxy) is 3. The minimum Gasteiger partial charge on any atom is -0.497 e. The summed E-state index contributed by atoms with van der Waals surface area (Å²) in [4.78, 5) is 0. The van der Waals surface area contributed by atoms with Crippen LogP contribution in [0.4, 0.5) is 0 Å². The Kier molecular flexibility index (Phi) is 4.34. The Hall–Kier alpha value is -2.94. The van der Waals surface area contributed by atoms with E-state index in [4.69, 9.17) is 14.2 Å². The summed E-state index contributed by atoms with van der Waals surface area (Å²) in [6, 6.07) is 18.5. The van der Waals surface area contributed by atoms with Crippen LogP contribution in [0.1, 0.15) is 31.9 Å². The van der Waals surface area contributed by atoms with Gasteiger partial charge < -0.3 is 14.2 Å². The zero-order valence-electron chi connectivity index (χ0n) is 17.1. The van der Waals surface area contributed by atoms with E-state index in [1.807, 2.05) is 24.3 Å². The van der Waals surface area contributed by atoms with Gasteiger partial charge in [0.2, 0.25) is 0 Å². The van der Waals surface area contributed by atoms with Crippen molar-refractivity contribution in [3.63, 3.8) is 0 Å². The highest BCUT2D eigenvalue weighted by molar-refractivity contribution is 5.96. The molecule has 4 rings (SSSR count). The van der Waals surface area contributed by atoms with E-state index in [2.05, 4.69) is 63.3 Å². The molecule has 0 saturated carbocycles. The van der Waals surface area contributed by atoms with Gasteiger partial charge in [-0.1, -0.05) is 57.2 Å². The van der Waals surface area contributed by atoms with Crippen LogP contribution in [0.2, 0.25) is 0 Å². The molecule has 0 aromatic heterocycles. The van der Waals surface area contributed by atoms with Crippen molar-refractivity contribution in [1.29, 1.82) is 0 Å². The van der Waals surface area contributed by atoms with Crippen LogP contribution >= 0.6 is 0 Å². The van der Waals surface area contributed by atoms with Crippen molar-refractivity contribution in [1.82, 2.24) is 0 Å². The monoisotopic (exact) mass is 374 g/mol. The lowest BCUT2D eigenvalue weighted by Crippen LogP contribution is -2.45. The van der Waals surface area contributed by atoms with Crippen LogP contribution in [0.3, 0.4) is 0 Å². The van der Waals surface area contributed by atoms with Gasteiger partial charge in [-0.05, 0) is 46.7 Å². The fourth-order valence-electron chi connectivity index (χ4n) is 3.99. The number of hydrogen-bond donors (Lipinski definition) is 0. The van der Waals surface area contributed by atoms with Gasteiger partial charge in [0.05, 0.1) is 14.2 Å². The Bertz CT molecular complexity index is 1040. The molecule has 0 spiro atoms. The van der Waals surface area contributed by atoms with Crippen molar-refractivity contribution in [2.75, 3.05) is 14.2 Å². The van der Waals surface area contributed by atoms with E-state index in [1.54, 1.807) is 14.2 Å². The third-order valence-electron chi connectivity index (χ3n) is 5.59. The van der Waals surface area contributed by atoms with Gasteiger partial charge in [-0.2, -0.15) is 0 Å². The molecule has 0 saturated heterocycles. The lowest BCUT2D eigenvalue weighted by atomic mass is 9.70. The predicted octanol–water partition coefficient (Wildman–Crippen LogP) is 6.20. The van der Waals surface area contributed by atoms with Gasteiger partial charge in [-0.15, -0.1) is 0 Å². The topological polar surface area (TPSA) is 27.7 Å². The first-order chi connectivity index (χ1) is 13.4. The number of methoxy groups -OCH3 is 2. The van der Waals surface area contributed by atoms with Gasteiger partial charge in [-0.25, -0.2) is 0 Å². The number of fused-ring (bicyclic) bond motifs is 3. The first-order valence-electron chi connectivity index (χ1n) is 9.52. The largest absolute Gasteiger partial charge is 0.497 e. The normalized spacial score (nSPS) is 18.5. The minimum atomic E-state index is -0.589. The molecular weight excluding hydrogens is 348 g/mol. The third kappa shape index (κ3) is 2.73. The second-order valence-corrected chi connectivity index (χ2v) is 8.20. The lowest BCUT2D eigenvalue weighted by Gasteiger charge is -2.45. The molecule has 0 N–H and O–H groups in total. The molecule has 3 aromatic carbocycles.